The van der Waals surface area contributed by atoms with Crippen molar-refractivity contribution < 1.29 is 14.4 Å². The van der Waals surface area contributed by atoms with Gasteiger partial charge in [0, 0.05) is 37.8 Å². The minimum absolute atomic E-state index is 0.139. The Labute approximate surface area is 184 Å². The number of anilines is 4. The number of nitrogens with zero attached hydrogens (tertiary/aromatic N) is 2. The normalized spacial score (nSPS) is 18.5. The van der Waals surface area contributed by atoms with Gasteiger partial charge in [0.2, 0.25) is 23.7 Å². The predicted molar refractivity (Wildman–Crippen MR) is 121 cm³/mol. The number of hydrogen-bond donors (Lipinski definition) is 4. The third kappa shape index (κ3) is 4.63. The van der Waals surface area contributed by atoms with Crippen molar-refractivity contribution in [1.82, 2.24) is 9.97 Å². The molecule has 2 aromatic rings. The van der Waals surface area contributed by atoms with Crippen LogP contribution in [0.1, 0.15) is 44.6 Å². The summed E-state index contributed by atoms with van der Waals surface area (Å²) < 4.78 is 0. The number of aromatic nitrogens is 2. The molecule has 1 aromatic carbocycles. The average Bonchev–Trinajstić information content (AvgIpc) is 2.74. The number of piperidine rings is 1. The summed E-state index contributed by atoms with van der Waals surface area (Å²) in [7, 11) is 0. The van der Waals surface area contributed by atoms with Gasteiger partial charge in [-0.05, 0) is 43.0 Å². The second-order valence-corrected chi connectivity index (χ2v) is 8.37. The van der Waals surface area contributed by atoms with Gasteiger partial charge in [-0.2, -0.15) is 4.98 Å². The van der Waals surface area contributed by atoms with Crippen LogP contribution in [-0.2, 0) is 14.4 Å². The van der Waals surface area contributed by atoms with Crippen LogP contribution in [0.5, 0.6) is 0 Å². The van der Waals surface area contributed by atoms with Gasteiger partial charge in [-0.15, -0.1) is 0 Å². The van der Waals surface area contributed by atoms with Crippen molar-refractivity contribution in [2.24, 2.45) is 5.92 Å². The molecule has 2 aliphatic rings. The van der Waals surface area contributed by atoms with Crippen molar-refractivity contribution in [2.75, 3.05) is 33.9 Å². The van der Waals surface area contributed by atoms with Crippen LogP contribution in [0.2, 0.25) is 0 Å². The largest absolute Gasteiger partial charge is 0.342 e. The van der Waals surface area contributed by atoms with Crippen LogP contribution < -0.4 is 26.4 Å². The van der Waals surface area contributed by atoms with Gasteiger partial charge in [-0.25, -0.2) is 0 Å². The number of H-pyrrole nitrogens is 1. The number of amides is 3. The van der Waals surface area contributed by atoms with Crippen molar-refractivity contribution in [2.45, 2.75) is 39.0 Å². The lowest BCUT2D eigenvalue weighted by Gasteiger charge is -2.31. The van der Waals surface area contributed by atoms with E-state index in [1.807, 2.05) is 4.90 Å². The van der Waals surface area contributed by atoms with E-state index in [1.54, 1.807) is 24.3 Å². The van der Waals surface area contributed by atoms with E-state index in [1.165, 1.54) is 6.92 Å². The Kier molecular flexibility index (Phi) is 5.93. The highest BCUT2D eigenvalue weighted by Gasteiger charge is 2.35. The van der Waals surface area contributed by atoms with Gasteiger partial charge in [0.25, 0.3) is 5.56 Å². The lowest BCUT2D eigenvalue weighted by molar-refractivity contribution is -0.123. The van der Waals surface area contributed by atoms with Crippen molar-refractivity contribution >= 4 is 40.9 Å². The highest BCUT2D eigenvalue weighted by atomic mass is 16.2. The fourth-order valence-electron chi connectivity index (χ4n) is 4.02. The zero-order chi connectivity index (χ0) is 22.8. The summed E-state index contributed by atoms with van der Waals surface area (Å²) >= 11 is 0. The van der Waals surface area contributed by atoms with Gasteiger partial charge < -0.3 is 20.9 Å². The highest BCUT2D eigenvalue weighted by molar-refractivity contribution is 6.04. The second-order valence-electron chi connectivity index (χ2n) is 8.37. The Morgan fingerprint density at radius 3 is 2.31 bits per heavy atom. The molecular weight excluding hydrogens is 412 g/mol. The Hall–Kier alpha value is -3.69. The molecule has 3 amide bonds. The van der Waals surface area contributed by atoms with E-state index in [-0.39, 0.29) is 29.6 Å². The van der Waals surface area contributed by atoms with E-state index >= 15 is 0 Å². The molecule has 4 N–H and O–H groups in total. The van der Waals surface area contributed by atoms with Crippen LogP contribution in [0.25, 0.3) is 0 Å². The molecule has 0 bridgehead atoms. The Bertz CT molecular complexity index is 1100. The molecule has 1 unspecified atom stereocenters. The summed E-state index contributed by atoms with van der Waals surface area (Å²) in [6.45, 7) is 5.14. The maximum Gasteiger partial charge on any atom is 0.258 e. The molecule has 1 saturated heterocycles. The summed E-state index contributed by atoms with van der Waals surface area (Å²) in [6.07, 6.45) is 1.85. The quantitative estimate of drug-likeness (QED) is 0.577. The first kappa shape index (κ1) is 21.5. The average molecular weight is 438 g/mol. The number of fused-ring (bicyclic) bond motifs is 1. The maximum absolute atomic E-state index is 13.0. The highest BCUT2D eigenvalue weighted by Crippen LogP contribution is 2.31. The smallest absolute Gasteiger partial charge is 0.258 e. The minimum atomic E-state index is -0.958. The van der Waals surface area contributed by atoms with Crippen LogP contribution in [0.15, 0.2) is 29.1 Å². The molecule has 3 heterocycles. The summed E-state index contributed by atoms with van der Waals surface area (Å²) in [6, 6.07) is 6.57. The zero-order valence-electron chi connectivity index (χ0n) is 18.0. The van der Waals surface area contributed by atoms with Crippen LogP contribution in [0.3, 0.4) is 0 Å². The molecule has 1 atom stereocenters. The van der Waals surface area contributed by atoms with Crippen molar-refractivity contribution in [3.05, 3.63) is 40.2 Å². The molecule has 2 aliphatic heterocycles. The lowest BCUT2D eigenvalue weighted by Crippen LogP contribution is -2.39. The van der Waals surface area contributed by atoms with Gasteiger partial charge >= 0.3 is 0 Å². The predicted octanol–water partition coefficient (Wildman–Crippen LogP) is 2.03. The topological polar surface area (TPSA) is 136 Å². The van der Waals surface area contributed by atoms with Crippen LogP contribution in [-0.4, -0.2) is 40.8 Å². The SMILES string of the molecule is CC(=O)Nc1ccc(NC(=O)C2CC(=O)Nc3nc(N4CCC(C)CC4)[nH]c(=O)c32)cc1. The number of carbonyl (C=O) groups excluding carboxylic acids is 3. The Morgan fingerprint density at radius 1 is 1.06 bits per heavy atom. The molecule has 0 saturated carbocycles. The third-order valence-electron chi connectivity index (χ3n) is 5.81. The van der Waals surface area contributed by atoms with E-state index in [4.69, 9.17) is 0 Å². The van der Waals surface area contributed by atoms with Crippen LogP contribution in [0, 0.1) is 5.92 Å². The molecular formula is C22H26N6O4. The van der Waals surface area contributed by atoms with Crippen LogP contribution in [0.4, 0.5) is 23.1 Å². The zero-order valence-corrected chi connectivity index (χ0v) is 18.0. The maximum atomic E-state index is 13.0. The number of hydrogen-bond acceptors (Lipinski definition) is 6. The van der Waals surface area contributed by atoms with E-state index in [0.29, 0.717) is 23.2 Å². The van der Waals surface area contributed by atoms with E-state index < -0.39 is 17.4 Å². The number of nitrogens with one attached hydrogen (secondary N) is 4. The van der Waals surface area contributed by atoms with Crippen molar-refractivity contribution in [1.29, 1.82) is 0 Å². The second kappa shape index (κ2) is 8.81. The fraction of sp³-hybridized carbons (Fsp3) is 0.409. The van der Waals surface area contributed by atoms with E-state index in [0.717, 1.165) is 25.9 Å². The molecule has 1 aromatic heterocycles. The molecule has 10 heteroatoms. The molecule has 168 valence electrons. The van der Waals surface area contributed by atoms with Gasteiger partial charge in [-0.3, -0.25) is 24.2 Å². The molecule has 1 fully saturated rings. The van der Waals surface area contributed by atoms with Crippen LogP contribution >= 0.6 is 0 Å². The summed E-state index contributed by atoms with van der Waals surface area (Å²) in [5.74, 6) is -0.821. The van der Waals surface area contributed by atoms with Gasteiger partial charge in [0.15, 0.2) is 0 Å². The number of carbonyl (C=O) groups is 3. The molecule has 32 heavy (non-hydrogen) atoms. The summed E-state index contributed by atoms with van der Waals surface area (Å²) in [4.78, 5) is 58.6. The summed E-state index contributed by atoms with van der Waals surface area (Å²) in [5.41, 5.74) is 0.814. The molecule has 0 aliphatic carbocycles. The fourth-order valence-corrected chi connectivity index (χ4v) is 4.02. The molecule has 10 nitrogen and oxygen atoms in total. The van der Waals surface area contributed by atoms with Gasteiger partial charge in [0.05, 0.1) is 11.5 Å². The number of rotatable bonds is 4. The minimum Gasteiger partial charge on any atom is -0.342 e. The molecule has 0 spiro atoms. The first-order chi connectivity index (χ1) is 15.3. The van der Waals surface area contributed by atoms with Gasteiger partial charge in [0.1, 0.15) is 5.82 Å². The first-order valence-electron chi connectivity index (χ1n) is 10.7. The number of aromatic amines is 1. The van der Waals surface area contributed by atoms with Crippen molar-refractivity contribution in [3.8, 4) is 0 Å². The Balaban J connectivity index is 1.56. The lowest BCUT2D eigenvalue weighted by atomic mass is 9.92. The van der Waals surface area contributed by atoms with E-state index in [2.05, 4.69) is 32.8 Å². The van der Waals surface area contributed by atoms with Crippen molar-refractivity contribution in [3.63, 3.8) is 0 Å². The Morgan fingerprint density at radius 2 is 1.69 bits per heavy atom. The molecule has 0 radical (unpaired) electrons. The van der Waals surface area contributed by atoms with E-state index in [9.17, 15) is 19.2 Å². The number of benzene rings is 1. The monoisotopic (exact) mass is 438 g/mol. The summed E-state index contributed by atoms with van der Waals surface area (Å²) in [5, 5.41) is 8.03. The third-order valence-corrected chi connectivity index (χ3v) is 5.81. The van der Waals surface area contributed by atoms with Gasteiger partial charge in [-0.1, -0.05) is 6.92 Å². The first-order valence-corrected chi connectivity index (χ1v) is 10.7. The standard InChI is InChI=1S/C22H26N6O4/c1-12-7-9-28(10-8-12)22-26-19-18(21(32)27-22)16(11-17(30)25-19)20(31)24-15-5-3-14(4-6-15)23-13(2)29/h3-6,12,16H,7-11H2,1-2H3,(H,23,29)(H,24,31)(H2,25,26,27,30,32). The molecule has 4 rings (SSSR count).